The average Bonchev–Trinajstić information content (AvgIpc) is 2.58. The molecular formula is C18H20Cl2N4. The fourth-order valence-electron chi connectivity index (χ4n) is 3.17. The SMILES string of the molecule is CC1CCC(=N)C(Cc2ccc(Cl)nc2)N1Cc1ccc(Cl)nc1. The van der Waals surface area contributed by atoms with E-state index in [1.165, 1.54) is 0 Å². The first-order valence-electron chi connectivity index (χ1n) is 8.07. The van der Waals surface area contributed by atoms with Gasteiger partial charge in [-0.1, -0.05) is 35.3 Å². The minimum absolute atomic E-state index is 0.0763. The van der Waals surface area contributed by atoms with Gasteiger partial charge in [0.2, 0.25) is 0 Å². The molecule has 126 valence electrons. The highest BCUT2D eigenvalue weighted by atomic mass is 35.5. The minimum Gasteiger partial charge on any atom is -0.308 e. The number of pyridine rings is 2. The second-order valence-electron chi connectivity index (χ2n) is 6.28. The fraction of sp³-hybridized carbons (Fsp3) is 0.389. The third-order valence-electron chi connectivity index (χ3n) is 4.57. The molecule has 6 heteroatoms. The van der Waals surface area contributed by atoms with Gasteiger partial charge in [0.1, 0.15) is 10.3 Å². The van der Waals surface area contributed by atoms with Gasteiger partial charge in [0, 0.05) is 30.7 Å². The highest BCUT2D eigenvalue weighted by molar-refractivity contribution is 6.29. The predicted octanol–water partition coefficient (Wildman–Crippen LogP) is 4.40. The smallest absolute Gasteiger partial charge is 0.129 e. The van der Waals surface area contributed by atoms with Gasteiger partial charge in [0.15, 0.2) is 0 Å². The predicted molar refractivity (Wildman–Crippen MR) is 98.0 cm³/mol. The second kappa shape index (κ2) is 7.60. The molecule has 1 aliphatic heterocycles. The molecule has 2 atom stereocenters. The third kappa shape index (κ3) is 4.12. The zero-order valence-corrected chi connectivity index (χ0v) is 15.1. The Labute approximate surface area is 152 Å². The van der Waals surface area contributed by atoms with Crippen LogP contribution in [0, 0.1) is 5.41 Å². The van der Waals surface area contributed by atoms with E-state index in [9.17, 15) is 0 Å². The maximum atomic E-state index is 8.43. The Morgan fingerprint density at radius 1 is 1.08 bits per heavy atom. The molecule has 2 unspecified atom stereocenters. The molecule has 0 bridgehead atoms. The van der Waals surface area contributed by atoms with Crippen LogP contribution in [0.2, 0.25) is 10.3 Å². The van der Waals surface area contributed by atoms with Crippen molar-refractivity contribution in [1.29, 1.82) is 5.41 Å². The molecule has 1 saturated heterocycles. The summed E-state index contributed by atoms with van der Waals surface area (Å²) in [6.45, 7) is 2.99. The van der Waals surface area contributed by atoms with Crippen LogP contribution in [0.25, 0.3) is 0 Å². The van der Waals surface area contributed by atoms with E-state index in [1.54, 1.807) is 12.3 Å². The van der Waals surface area contributed by atoms with Crippen LogP contribution in [-0.2, 0) is 13.0 Å². The van der Waals surface area contributed by atoms with Gasteiger partial charge in [0.25, 0.3) is 0 Å². The van der Waals surface area contributed by atoms with Gasteiger partial charge in [0.05, 0.1) is 6.04 Å². The first kappa shape index (κ1) is 17.3. The molecule has 0 amide bonds. The van der Waals surface area contributed by atoms with Gasteiger partial charge in [-0.3, -0.25) is 4.90 Å². The Balaban J connectivity index is 1.80. The second-order valence-corrected chi connectivity index (χ2v) is 7.06. The van der Waals surface area contributed by atoms with Crippen molar-refractivity contribution >= 4 is 28.9 Å². The zero-order chi connectivity index (χ0) is 17.1. The van der Waals surface area contributed by atoms with Crippen molar-refractivity contribution in [3.63, 3.8) is 0 Å². The van der Waals surface area contributed by atoms with Crippen molar-refractivity contribution in [2.24, 2.45) is 0 Å². The van der Waals surface area contributed by atoms with Crippen LogP contribution in [0.5, 0.6) is 0 Å². The van der Waals surface area contributed by atoms with Crippen LogP contribution in [0.1, 0.15) is 30.9 Å². The Kier molecular flexibility index (Phi) is 5.49. The Bertz CT molecular complexity index is 700. The lowest BCUT2D eigenvalue weighted by molar-refractivity contribution is 0.146. The minimum atomic E-state index is 0.0763. The monoisotopic (exact) mass is 362 g/mol. The summed E-state index contributed by atoms with van der Waals surface area (Å²) in [5.41, 5.74) is 2.99. The van der Waals surface area contributed by atoms with Crippen LogP contribution in [0.3, 0.4) is 0 Å². The van der Waals surface area contributed by atoms with Gasteiger partial charge < -0.3 is 5.41 Å². The number of likely N-dealkylation sites (tertiary alicyclic amines) is 1. The molecule has 3 heterocycles. The maximum absolute atomic E-state index is 8.43. The Morgan fingerprint density at radius 3 is 2.29 bits per heavy atom. The summed E-state index contributed by atoms with van der Waals surface area (Å²) in [4.78, 5) is 10.7. The van der Waals surface area contributed by atoms with E-state index in [-0.39, 0.29) is 6.04 Å². The van der Waals surface area contributed by atoms with Crippen LogP contribution >= 0.6 is 23.2 Å². The maximum Gasteiger partial charge on any atom is 0.129 e. The van der Waals surface area contributed by atoms with Gasteiger partial charge in [-0.25, -0.2) is 9.97 Å². The highest BCUT2D eigenvalue weighted by Crippen LogP contribution is 2.25. The lowest BCUT2D eigenvalue weighted by Gasteiger charge is -2.41. The highest BCUT2D eigenvalue weighted by Gasteiger charge is 2.31. The largest absolute Gasteiger partial charge is 0.308 e. The van der Waals surface area contributed by atoms with Gasteiger partial charge in [-0.2, -0.15) is 0 Å². The van der Waals surface area contributed by atoms with E-state index >= 15 is 0 Å². The number of hydrogen-bond donors (Lipinski definition) is 1. The molecule has 1 aliphatic rings. The van der Waals surface area contributed by atoms with E-state index in [2.05, 4.69) is 21.8 Å². The normalized spacial score (nSPS) is 21.9. The lowest BCUT2D eigenvalue weighted by Crippen LogP contribution is -2.50. The molecule has 0 radical (unpaired) electrons. The molecule has 2 aromatic rings. The van der Waals surface area contributed by atoms with Crippen molar-refractivity contribution < 1.29 is 0 Å². The van der Waals surface area contributed by atoms with Crippen LogP contribution < -0.4 is 0 Å². The zero-order valence-electron chi connectivity index (χ0n) is 13.5. The summed E-state index contributed by atoms with van der Waals surface area (Å²) in [5, 5.41) is 9.43. The van der Waals surface area contributed by atoms with E-state index < -0.39 is 0 Å². The number of nitrogens with one attached hydrogen (secondary N) is 1. The quantitative estimate of drug-likeness (QED) is 0.820. The van der Waals surface area contributed by atoms with Crippen molar-refractivity contribution in [1.82, 2.24) is 14.9 Å². The molecular weight excluding hydrogens is 343 g/mol. The van der Waals surface area contributed by atoms with E-state index in [0.29, 0.717) is 16.3 Å². The molecule has 1 N–H and O–H groups in total. The van der Waals surface area contributed by atoms with Gasteiger partial charge in [-0.15, -0.1) is 0 Å². The summed E-state index contributed by atoms with van der Waals surface area (Å²) in [6, 6.07) is 8.10. The number of halogens is 2. The molecule has 24 heavy (non-hydrogen) atoms. The van der Waals surface area contributed by atoms with Crippen LogP contribution in [0.15, 0.2) is 36.7 Å². The first-order valence-corrected chi connectivity index (χ1v) is 8.82. The van der Waals surface area contributed by atoms with Crippen LogP contribution in [0.4, 0.5) is 0 Å². The molecule has 0 aliphatic carbocycles. The number of rotatable bonds is 4. The van der Waals surface area contributed by atoms with Crippen molar-refractivity contribution in [3.8, 4) is 0 Å². The molecule has 1 fully saturated rings. The Hall–Kier alpha value is -1.49. The third-order valence-corrected chi connectivity index (χ3v) is 5.02. The van der Waals surface area contributed by atoms with E-state index in [0.717, 1.165) is 42.6 Å². The Morgan fingerprint density at radius 2 is 1.71 bits per heavy atom. The standard InChI is InChI=1S/C18H20Cl2N4/c1-12-2-5-15(21)16(8-13-3-6-17(19)22-9-13)24(12)11-14-4-7-18(20)23-10-14/h3-4,6-7,9-10,12,16,21H,2,5,8,11H2,1H3. The molecule has 4 nitrogen and oxygen atoms in total. The van der Waals surface area contributed by atoms with Gasteiger partial charge >= 0.3 is 0 Å². The summed E-state index contributed by atoms with van der Waals surface area (Å²) in [6.07, 6.45) is 6.25. The number of hydrogen-bond acceptors (Lipinski definition) is 4. The number of nitrogens with zero attached hydrogens (tertiary/aromatic N) is 3. The van der Waals surface area contributed by atoms with E-state index in [1.807, 2.05) is 24.4 Å². The number of aromatic nitrogens is 2. The van der Waals surface area contributed by atoms with Gasteiger partial charge in [-0.05, 0) is 49.4 Å². The summed E-state index contributed by atoms with van der Waals surface area (Å²) < 4.78 is 0. The molecule has 3 rings (SSSR count). The summed E-state index contributed by atoms with van der Waals surface area (Å²) >= 11 is 11.8. The van der Waals surface area contributed by atoms with Crippen molar-refractivity contribution in [2.45, 2.75) is 44.8 Å². The molecule has 0 saturated carbocycles. The molecule has 0 aromatic carbocycles. The average molecular weight is 363 g/mol. The molecule has 0 spiro atoms. The van der Waals surface area contributed by atoms with Crippen LogP contribution in [-0.4, -0.2) is 32.7 Å². The lowest BCUT2D eigenvalue weighted by atomic mass is 9.90. The summed E-state index contributed by atoms with van der Waals surface area (Å²) in [7, 11) is 0. The number of piperidine rings is 1. The fourth-order valence-corrected chi connectivity index (χ4v) is 3.40. The van der Waals surface area contributed by atoms with Crippen molar-refractivity contribution in [3.05, 3.63) is 58.1 Å². The summed E-state index contributed by atoms with van der Waals surface area (Å²) in [5.74, 6) is 0. The topological polar surface area (TPSA) is 52.9 Å². The molecule has 2 aromatic heterocycles. The van der Waals surface area contributed by atoms with Crippen molar-refractivity contribution in [2.75, 3.05) is 0 Å². The van der Waals surface area contributed by atoms with E-state index in [4.69, 9.17) is 28.6 Å². The first-order chi connectivity index (χ1) is 11.5.